The van der Waals surface area contributed by atoms with Crippen molar-refractivity contribution < 1.29 is 14.3 Å². The van der Waals surface area contributed by atoms with Crippen LogP contribution in [0.25, 0.3) is 0 Å². The average Bonchev–Trinajstić information content (AvgIpc) is 3.20. The van der Waals surface area contributed by atoms with Gasteiger partial charge in [0.25, 0.3) is 11.8 Å². The summed E-state index contributed by atoms with van der Waals surface area (Å²) in [6.45, 7) is 4.02. The largest absolute Gasteiger partial charge is 0.484 e. The number of hydrogen-bond donors (Lipinski definition) is 0. The number of amides is 2. The zero-order valence-electron chi connectivity index (χ0n) is 20.5. The molecule has 35 heavy (non-hydrogen) atoms. The van der Waals surface area contributed by atoms with Crippen LogP contribution in [0.5, 0.6) is 5.75 Å². The Hall–Kier alpha value is -3.64. The Morgan fingerprint density at radius 1 is 1.03 bits per heavy atom. The van der Waals surface area contributed by atoms with Crippen molar-refractivity contribution in [2.24, 2.45) is 0 Å². The van der Waals surface area contributed by atoms with Crippen molar-refractivity contribution in [3.63, 3.8) is 0 Å². The number of nitrogens with zero attached hydrogens (tertiary/aromatic N) is 3. The Bertz CT molecular complexity index is 1230. The first-order chi connectivity index (χ1) is 16.9. The summed E-state index contributed by atoms with van der Waals surface area (Å²) in [5.41, 5.74) is 4.90. The zero-order valence-corrected chi connectivity index (χ0v) is 20.5. The number of likely N-dealkylation sites (N-methyl/N-ethyl adjacent to an activating group) is 1. The third-order valence-electron chi connectivity index (χ3n) is 7.13. The molecule has 6 nitrogen and oxygen atoms in total. The number of anilines is 2. The summed E-state index contributed by atoms with van der Waals surface area (Å²) in [5.74, 6) is 0.841. The Balaban J connectivity index is 1.26. The van der Waals surface area contributed by atoms with Crippen LogP contribution in [0.4, 0.5) is 11.4 Å². The number of ether oxygens (including phenoxy) is 1. The van der Waals surface area contributed by atoms with Gasteiger partial charge in [0, 0.05) is 42.5 Å². The number of aryl methyl sites for hydroxylation is 1. The zero-order chi connectivity index (χ0) is 24.5. The van der Waals surface area contributed by atoms with Gasteiger partial charge in [-0.15, -0.1) is 0 Å². The second kappa shape index (κ2) is 9.55. The van der Waals surface area contributed by atoms with E-state index >= 15 is 0 Å². The molecule has 0 aliphatic carbocycles. The van der Waals surface area contributed by atoms with Crippen molar-refractivity contribution in [3.05, 3.63) is 89.5 Å². The van der Waals surface area contributed by atoms with Crippen LogP contribution in [-0.4, -0.2) is 56.5 Å². The van der Waals surface area contributed by atoms with Crippen LogP contribution in [-0.2, 0) is 4.79 Å². The van der Waals surface area contributed by atoms with Gasteiger partial charge in [0.1, 0.15) is 5.75 Å². The Morgan fingerprint density at radius 3 is 2.51 bits per heavy atom. The molecule has 2 amide bonds. The number of hydrogen-bond acceptors (Lipinski definition) is 4. The molecule has 2 aliphatic heterocycles. The van der Waals surface area contributed by atoms with Crippen LogP contribution in [0.2, 0.25) is 0 Å². The van der Waals surface area contributed by atoms with E-state index in [1.54, 1.807) is 36.2 Å². The Kier molecular flexibility index (Phi) is 6.31. The molecule has 3 aromatic carbocycles. The number of rotatable bonds is 5. The van der Waals surface area contributed by atoms with E-state index in [1.165, 1.54) is 11.1 Å². The van der Waals surface area contributed by atoms with E-state index < -0.39 is 0 Å². The van der Waals surface area contributed by atoms with Gasteiger partial charge in [-0.3, -0.25) is 9.59 Å². The molecule has 0 bridgehead atoms. The first-order valence-corrected chi connectivity index (χ1v) is 12.1. The minimum atomic E-state index is -0.0786. The third kappa shape index (κ3) is 4.54. The van der Waals surface area contributed by atoms with Gasteiger partial charge in [-0.05, 0) is 75.0 Å². The number of carbonyl (C=O) groups is 2. The van der Waals surface area contributed by atoms with Crippen LogP contribution in [0.3, 0.4) is 0 Å². The number of likely N-dealkylation sites (tertiary alicyclic amines) is 1. The molecule has 0 unspecified atom stereocenters. The van der Waals surface area contributed by atoms with Crippen LogP contribution in [0.1, 0.15) is 33.8 Å². The van der Waals surface area contributed by atoms with Crippen LogP contribution in [0.15, 0.2) is 72.8 Å². The van der Waals surface area contributed by atoms with Crippen LogP contribution < -0.4 is 14.5 Å². The third-order valence-corrected chi connectivity index (χ3v) is 7.13. The quantitative estimate of drug-likeness (QED) is 0.553. The maximum absolute atomic E-state index is 13.4. The van der Waals surface area contributed by atoms with E-state index in [0.29, 0.717) is 17.2 Å². The molecule has 1 fully saturated rings. The summed E-state index contributed by atoms with van der Waals surface area (Å²) in [7, 11) is 3.90. The van der Waals surface area contributed by atoms with E-state index in [1.807, 2.05) is 35.2 Å². The van der Waals surface area contributed by atoms with Crippen molar-refractivity contribution in [1.29, 1.82) is 0 Å². The average molecular weight is 470 g/mol. The molecule has 0 aromatic heterocycles. The predicted octanol–water partition coefficient (Wildman–Crippen LogP) is 4.48. The molecule has 1 saturated heterocycles. The normalized spacial score (nSPS) is 19.1. The number of fused-ring (bicyclic) bond motifs is 3. The Morgan fingerprint density at radius 2 is 1.77 bits per heavy atom. The van der Waals surface area contributed by atoms with Gasteiger partial charge in [-0.2, -0.15) is 0 Å². The smallest absolute Gasteiger partial charge is 0.265 e. The summed E-state index contributed by atoms with van der Waals surface area (Å²) in [4.78, 5) is 32.0. The molecule has 0 saturated carbocycles. The molecule has 0 spiro atoms. The highest BCUT2D eigenvalue weighted by Gasteiger charge is 2.43. The van der Waals surface area contributed by atoms with Gasteiger partial charge < -0.3 is 19.4 Å². The van der Waals surface area contributed by atoms with Crippen LogP contribution in [0, 0.1) is 6.92 Å². The van der Waals surface area contributed by atoms with Crippen molar-refractivity contribution in [2.45, 2.75) is 25.3 Å². The molecule has 3 aromatic rings. The SMILES string of the molecule is Cc1ccc2c(c1)[C@H]1CN(C)CC[C@@H]1N2C(=O)COc1ccc(N(C)C(=O)c2ccccc2)cc1. The van der Waals surface area contributed by atoms with Crippen molar-refractivity contribution in [3.8, 4) is 5.75 Å². The molecule has 180 valence electrons. The standard InChI is InChI=1S/C29H31N3O3/c1-20-9-14-26-24(17-20)25-18-30(2)16-15-27(25)32(26)28(33)19-35-23-12-10-22(11-13-23)31(3)29(34)21-7-5-4-6-8-21/h4-14,17,25,27H,15-16,18-19H2,1-3H3/t25-,27+/m1/s1. The molecule has 2 heterocycles. The second-order valence-electron chi connectivity index (χ2n) is 9.56. The van der Waals surface area contributed by atoms with Gasteiger partial charge in [-0.1, -0.05) is 35.9 Å². The molecule has 0 N–H and O–H groups in total. The fourth-order valence-electron chi connectivity index (χ4n) is 5.28. The van der Waals surface area contributed by atoms with Crippen LogP contribution >= 0.6 is 0 Å². The topological polar surface area (TPSA) is 53.1 Å². The lowest BCUT2D eigenvalue weighted by atomic mass is 9.89. The molecule has 2 aliphatic rings. The van der Waals surface area contributed by atoms with Crippen molar-refractivity contribution in [2.75, 3.05) is 43.6 Å². The van der Waals surface area contributed by atoms with Crippen molar-refractivity contribution in [1.82, 2.24) is 4.90 Å². The van der Waals surface area contributed by atoms with Gasteiger partial charge in [0.2, 0.25) is 0 Å². The van der Waals surface area contributed by atoms with E-state index in [-0.39, 0.29) is 24.5 Å². The number of piperidine rings is 1. The Labute approximate surface area is 206 Å². The summed E-state index contributed by atoms with van der Waals surface area (Å²) < 4.78 is 5.89. The fraction of sp³-hybridized carbons (Fsp3) is 0.310. The summed E-state index contributed by atoms with van der Waals surface area (Å²) in [6, 6.07) is 23.0. The van der Waals surface area contributed by atoms with Gasteiger partial charge >= 0.3 is 0 Å². The van der Waals surface area contributed by atoms with E-state index in [2.05, 4.69) is 37.1 Å². The lowest BCUT2D eigenvalue weighted by molar-refractivity contribution is -0.121. The first-order valence-electron chi connectivity index (χ1n) is 12.1. The highest BCUT2D eigenvalue weighted by Crippen LogP contribution is 2.45. The maximum Gasteiger partial charge on any atom is 0.265 e. The van der Waals surface area contributed by atoms with E-state index in [0.717, 1.165) is 30.9 Å². The first kappa shape index (κ1) is 23.1. The lowest BCUT2D eigenvalue weighted by Gasteiger charge is -2.36. The molecule has 6 heteroatoms. The molecule has 0 radical (unpaired) electrons. The van der Waals surface area contributed by atoms with Gasteiger partial charge in [0.15, 0.2) is 6.61 Å². The second-order valence-corrected chi connectivity index (χ2v) is 9.56. The maximum atomic E-state index is 13.4. The molecule has 5 rings (SSSR count). The van der Waals surface area contributed by atoms with Gasteiger partial charge in [0.05, 0.1) is 0 Å². The molecular formula is C29H31N3O3. The van der Waals surface area contributed by atoms with E-state index in [9.17, 15) is 9.59 Å². The number of benzene rings is 3. The highest BCUT2D eigenvalue weighted by atomic mass is 16.5. The monoisotopic (exact) mass is 469 g/mol. The molecular weight excluding hydrogens is 438 g/mol. The predicted molar refractivity (Wildman–Crippen MR) is 138 cm³/mol. The minimum Gasteiger partial charge on any atom is -0.484 e. The molecule has 2 atom stereocenters. The van der Waals surface area contributed by atoms with Gasteiger partial charge in [-0.25, -0.2) is 0 Å². The minimum absolute atomic E-state index is 0.0207. The lowest BCUT2D eigenvalue weighted by Crippen LogP contribution is -2.48. The summed E-state index contributed by atoms with van der Waals surface area (Å²) >= 11 is 0. The van der Waals surface area contributed by atoms with E-state index in [4.69, 9.17) is 4.74 Å². The fourth-order valence-corrected chi connectivity index (χ4v) is 5.28. The highest BCUT2D eigenvalue weighted by molar-refractivity contribution is 6.05. The van der Waals surface area contributed by atoms with Crippen molar-refractivity contribution >= 4 is 23.2 Å². The summed E-state index contributed by atoms with van der Waals surface area (Å²) in [5, 5.41) is 0. The summed E-state index contributed by atoms with van der Waals surface area (Å²) in [6.07, 6.45) is 0.955. The number of carbonyl (C=O) groups excluding carboxylic acids is 2.